The molecule has 0 saturated carbocycles. The van der Waals surface area contributed by atoms with Crippen LogP contribution in [0, 0.1) is 30.1 Å². The van der Waals surface area contributed by atoms with Crippen LogP contribution in [0.5, 0.6) is 0 Å². The minimum atomic E-state index is -0.519. The molecule has 3 aromatic heterocycles. The number of piperazine rings is 2. The molecule has 5 atom stereocenters. The first-order valence-corrected chi connectivity index (χ1v) is 24.6. The topological polar surface area (TPSA) is 265 Å². The maximum Gasteiger partial charge on any atom is 0.247 e. The third-order valence-electron chi connectivity index (χ3n) is 12.3. The number of rotatable bonds is 29. The van der Waals surface area contributed by atoms with E-state index in [0.29, 0.717) is 146 Å². The molecule has 2 saturated heterocycles. The van der Waals surface area contributed by atoms with Crippen molar-refractivity contribution < 1.29 is 36.2 Å². The van der Waals surface area contributed by atoms with Crippen LogP contribution in [0.2, 0.25) is 0 Å². The number of hydrogen-bond acceptors (Lipinski definition) is 18. The van der Waals surface area contributed by atoms with E-state index in [1.807, 2.05) is 22.2 Å². The van der Waals surface area contributed by atoms with Gasteiger partial charge in [0.2, 0.25) is 29.7 Å². The van der Waals surface area contributed by atoms with Gasteiger partial charge >= 0.3 is 0 Å². The molecule has 69 heavy (non-hydrogen) atoms. The van der Waals surface area contributed by atoms with Gasteiger partial charge in [-0.2, -0.15) is 15.0 Å². The van der Waals surface area contributed by atoms with Crippen LogP contribution in [0.25, 0.3) is 0 Å². The number of halogens is 1. The third-order valence-corrected chi connectivity index (χ3v) is 12.3. The van der Waals surface area contributed by atoms with Crippen LogP contribution in [0.15, 0.2) is 12.4 Å². The Morgan fingerprint density at radius 3 is 1.75 bits per heavy atom. The SMILES string of the molecule is C#CCOCCOCCOCCNc1nc(N2CCN(C(=O)[C@H]([C@@H](C)CC)n3cc([C@@H](N)CC(C)C)nn3)CC2)nc(N2CCN(C(=O)[C@H](CCCCN)n3cc([C@@H](N)CC(C)C)nn3)CC2)n1.[Cl-]. The average Bonchev–Trinajstić information content (AvgIpc) is 4.03. The second kappa shape index (κ2) is 29.4. The van der Waals surface area contributed by atoms with Gasteiger partial charge in [-0.3, -0.25) is 9.59 Å². The van der Waals surface area contributed by atoms with Crippen molar-refractivity contribution in [2.24, 2.45) is 35.0 Å². The van der Waals surface area contributed by atoms with E-state index >= 15 is 0 Å². The van der Waals surface area contributed by atoms with E-state index in [2.05, 4.69) is 83.2 Å². The smallest absolute Gasteiger partial charge is 0.247 e. The number of hydrogen-bond donors (Lipinski definition) is 4. The molecular formula is C46H79ClN17O5-. The maximum absolute atomic E-state index is 14.3. The fourth-order valence-electron chi connectivity index (χ4n) is 8.33. The summed E-state index contributed by atoms with van der Waals surface area (Å²) in [6.07, 6.45) is 13.4. The van der Waals surface area contributed by atoms with Gasteiger partial charge in [0.1, 0.15) is 18.7 Å². The van der Waals surface area contributed by atoms with Gasteiger partial charge in [0.05, 0.1) is 68.9 Å². The number of ether oxygens (including phenoxy) is 3. The van der Waals surface area contributed by atoms with Gasteiger partial charge in [-0.1, -0.05) is 64.3 Å². The number of nitrogens with one attached hydrogen (secondary N) is 1. The quantitative estimate of drug-likeness (QED) is 0.0490. The van der Waals surface area contributed by atoms with Crippen LogP contribution in [0.3, 0.4) is 0 Å². The fraction of sp³-hybridized carbons (Fsp3) is 0.761. The van der Waals surface area contributed by atoms with E-state index in [9.17, 15) is 9.59 Å². The highest BCUT2D eigenvalue weighted by molar-refractivity contribution is 5.81. The molecule has 5 heterocycles. The Morgan fingerprint density at radius 1 is 0.725 bits per heavy atom. The zero-order valence-corrected chi connectivity index (χ0v) is 42.6. The predicted octanol–water partition coefficient (Wildman–Crippen LogP) is -0.800. The van der Waals surface area contributed by atoms with Crippen LogP contribution in [-0.2, 0) is 23.8 Å². The number of nitrogens with two attached hydrogens (primary N) is 3. The van der Waals surface area contributed by atoms with Crippen LogP contribution < -0.4 is 44.7 Å². The van der Waals surface area contributed by atoms with Crippen LogP contribution in [0.1, 0.15) is 116 Å². The predicted molar refractivity (Wildman–Crippen MR) is 260 cm³/mol. The standard InChI is InChI=1S/C46H79N17O5.ClH/c1-8-23-66-25-27-68-28-26-67-24-14-50-44-51-45(60-19-15-58(16-20-60)42(64)40(12-10-11-13-47)62-31-38(54-56-62)36(48)29-33(3)4)53-46(52-44)61-21-17-59(18-22-61)43(65)41(35(7)9-2)63-32-39(55-57-63)37(49)30-34(5)6;/h1,31-37,40-41H,9-30,47-49H2,2-7H3,(H,50,51,52,53);1H/p-1/t35-,36-,37-,40-,41-;/m0./s1. The summed E-state index contributed by atoms with van der Waals surface area (Å²) in [4.78, 5) is 51.2. The van der Waals surface area contributed by atoms with E-state index in [1.165, 1.54) is 0 Å². The number of terminal acetylenes is 1. The number of carbonyl (C=O) groups excluding carboxylic acids is 2. The summed E-state index contributed by atoms with van der Waals surface area (Å²) in [5.74, 6) is 4.65. The van der Waals surface area contributed by atoms with Crippen molar-refractivity contribution in [2.75, 3.05) is 120 Å². The maximum atomic E-state index is 14.3. The Kier molecular flexibility index (Phi) is 24.2. The molecule has 5 rings (SSSR count). The summed E-state index contributed by atoms with van der Waals surface area (Å²) >= 11 is 0. The zero-order chi connectivity index (χ0) is 49.0. The average molecular weight is 986 g/mol. The van der Waals surface area contributed by atoms with Gasteiger partial charge in [-0.25, -0.2) is 9.36 Å². The monoisotopic (exact) mass is 985 g/mol. The van der Waals surface area contributed by atoms with Crippen molar-refractivity contribution >= 4 is 29.7 Å². The molecule has 0 aromatic carbocycles. The van der Waals surface area contributed by atoms with Gasteiger partial charge in [-0.15, -0.1) is 16.6 Å². The highest BCUT2D eigenvalue weighted by Gasteiger charge is 2.35. The number of carbonyl (C=O) groups is 2. The molecule has 0 spiro atoms. The van der Waals surface area contributed by atoms with Gasteiger partial charge < -0.3 is 68.7 Å². The summed E-state index contributed by atoms with van der Waals surface area (Å²) in [7, 11) is 0. The molecular weight excluding hydrogens is 906 g/mol. The summed E-state index contributed by atoms with van der Waals surface area (Å²) in [5.41, 5.74) is 20.1. The van der Waals surface area contributed by atoms with Gasteiger partial charge in [0.25, 0.3) is 0 Å². The lowest BCUT2D eigenvalue weighted by atomic mass is 9.97. The lowest BCUT2D eigenvalue weighted by Crippen LogP contribution is -3.00. The lowest BCUT2D eigenvalue weighted by molar-refractivity contribution is -0.137. The van der Waals surface area contributed by atoms with Crippen molar-refractivity contribution in [3.63, 3.8) is 0 Å². The summed E-state index contributed by atoms with van der Waals surface area (Å²) in [6.45, 7) is 19.9. The summed E-state index contributed by atoms with van der Waals surface area (Å²) in [6, 6.07) is -1.53. The Labute approximate surface area is 414 Å². The minimum Gasteiger partial charge on any atom is -1.00 e. The van der Waals surface area contributed by atoms with E-state index in [1.54, 1.807) is 9.36 Å². The van der Waals surface area contributed by atoms with Crippen molar-refractivity contribution in [2.45, 2.75) is 104 Å². The molecule has 0 radical (unpaired) electrons. The normalized spacial score (nSPS) is 16.6. The number of anilines is 3. The van der Waals surface area contributed by atoms with Crippen LogP contribution in [0.4, 0.5) is 17.8 Å². The molecule has 0 unspecified atom stereocenters. The van der Waals surface area contributed by atoms with Crippen molar-refractivity contribution in [3.8, 4) is 12.3 Å². The van der Waals surface area contributed by atoms with Crippen LogP contribution >= 0.6 is 0 Å². The van der Waals surface area contributed by atoms with E-state index in [4.69, 9.17) is 52.8 Å². The molecule has 3 aromatic rings. The Balaban J connectivity index is 0.0000104. The number of amides is 2. The molecule has 2 amide bonds. The lowest BCUT2D eigenvalue weighted by Gasteiger charge is -2.38. The van der Waals surface area contributed by atoms with Crippen LogP contribution in [-0.4, -0.2) is 172 Å². The number of aromatic nitrogens is 9. The Hall–Kier alpha value is -4.76. The summed E-state index contributed by atoms with van der Waals surface area (Å²) < 4.78 is 20.0. The molecule has 2 fully saturated rings. The number of unbranched alkanes of at least 4 members (excludes halogenated alkanes) is 1. The molecule has 0 bridgehead atoms. The van der Waals surface area contributed by atoms with Crippen molar-refractivity contribution in [1.82, 2.24) is 54.7 Å². The largest absolute Gasteiger partial charge is 1.00 e. The van der Waals surface area contributed by atoms with Crippen molar-refractivity contribution in [3.05, 3.63) is 23.8 Å². The molecule has 2 aliphatic heterocycles. The fourth-order valence-corrected chi connectivity index (χ4v) is 8.33. The Bertz CT molecular complexity index is 2000. The highest BCUT2D eigenvalue weighted by atomic mass is 35.5. The first-order valence-electron chi connectivity index (χ1n) is 24.6. The van der Waals surface area contributed by atoms with E-state index < -0.39 is 12.1 Å². The van der Waals surface area contributed by atoms with E-state index in [-0.39, 0.29) is 48.8 Å². The van der Waals surface area contributed by atoms with Crippen molar-refractivity contribution in [1.29, 1.82) is 0 Å². The second-order valence-corrected chi connectivity index (χ2v) is 18.6. The first-order chi connectivity index (χ1) is 32.8. The highest BCUT2D eigenvalue weighted by Crippen LogP contribution is 2.28. The minimum absolute atomic E-state index is 0. The van der Waals surface area contributed by atoms with Gasteiger partial charge in [0.15, 0.2) is 0 Å². The third kappa shape index (κ3) is 17.3. The molecule has 2 aliphatic rings. The second-order valence-electron chi connectivity index (χ2n) is 18.6. The van der Waals surface area contributed by atoms with Gasteiger partial charge in [-0.05, 0) is 56.4 Å². The summed E-state index contributed by atoms with van der Waals surface area (Å²) in [5, 5.41) is 20.9. The number of nitrogens with zero attached hydrogens (tertiary/aromatic N) is 13. The molecule has 22 nitrogen and oxygen atoms in total. The first kappa shape index (κ1) is 56.8. The van der Waals surface area contributed by atoms with E-state index in [0.717, 1.165) is 32.1 Å². The molecule has 0 aliphatic carbocycles. The van der Waals surface area contributed by atoms with Gasteiger partial charge in [0, 0.05) is 58.9 Å². The molecule has 386 valence electrons. The Morgan fingerprint density at radius 2 is 1.23 bits per heavy atom. The zero-order valence-electron chi connectivity index (χ0n) is 41.8. The molecule has 7 N–H and O–H groups in total. The molecule has 23 heteroatoms.